The standard InChI is InChI=1S/C11H14N2O2/c1-3-12-11(14)15-13-9(2)10-7-5-4-6-8-10/h4-8H,3H2,1-2H3,(H,12,14). The molecule has 1 amide bonds. The SMILES string of the molecule is CCNC(=O)ON=C(C)c1ccccc1. The molecule has 0 fully saturated rings. The van der Waals surface area contributed by atoms with Crippen molar-refractivity contribution in [3.8, 4) is 0 Å². The summed E-state index contributed by atoms with van der Waals surface area (Å²) in [6, 6.07) is 9.53. The van der Waals surface area contributed by atoms with E-state index in [1.807, 2.05) is 37.3 Å². The molecular weight excluding hydrogens is 192 g/mol. The van der Waals surface area contributed by atoms with Gasteiger partial charge in [-0.1, -0.05) is 35.5 Å². The third-order valence-electron chi connectivity index (χ3n) is 1.78. The van der Waals surface area contributed by atoms with Gasteiger partial charge in [-0.15, -0.1) is 0 Å². The van der Waals surface area contributed by atoms with Crippen LogP contribution in [0.25, 0.3) is 0 Å². The largest absolute Gasteiger partial charge is 0.433 e. The topological polar surface area (TPSA) is 50.7 Å². The zero-order valence-electron chi connectivity index (χ0n) is 8.86. The first kappa shape index (κ1) is 11.2. The highest BCUT2D eigenvalue weighted by Gasteiger charge is 2.00. The predicted molar refractivity (Wildman–Crippen MR) is 58.8 cm³/mol. The van der Waals surface area contributed by atoms with Gasteiger partial charge in [0.15, 0.2) is 0 Å². The second-order valence-corrected chi connectivity index (χ2v) is 2.95. The highest BCUT2D eigenvalue weighted by Crippen LogP contribution is 2.00. The van der Waals surface area contributed by atoms with Crippen molar-refractivity contribution in [1.29, 1.82) is 0 Å². The Kier molecular flexibility index (Phi) is 4.34. The molecule has 1 rings (SSSR count). The van der Waals surface area contributed by atoms with Crippen LogP contribution in [0.1, 0.15) is 19.4 Å². The van der Waals surface area contributed by atoms with E-state index >= 15 is 0 Å². The maximum Gasteiger partial charge on any atom is 0.433 e. The van der Waals surface area contributed by atoms with Crippen molar-refractivity contribution >= 4 is 11.8 Å². The number of hydrogen-bond acceptors (Lipinski definition) is 3. The van der Waals surface area contributed by atoms with Crippen LogP contribution in [0.4, 0.5) is 4.79 Å². The molecule has 0 aliphatic heterocycles. The second-order valence-electron chi connectivity index (χ2n) is 2.95. The molecule has 1 N–H and O–H groups in total. The molecular formula is C11H14N2O2. The van der Waals surface area contributed by atoms with Crippen LogP contribution in [0.5, 0.6) is 0 Å². The zero-order chi connectivity index (χ0) is 11.1. The third kappa shape index (κ3) is 3.81. The van der Waals surface area contributed by atoms with Gasteiger partial charge in [-0.2, -0.15) is 0 Å². The monoisotopic (exact) mass is 206 g/mol. The van der Waals surface area contributed by atoms with Gasteiger partial charge < -0.3 is 5.32 Å². The fourth-order valence-electron chi connectivity index (χ4n) is 1.02. The predicted octanol–water partition coefficient (Wildman–Crippen LogP) is 2.16. The normalized spacial score (nSPS) is 10.9. The molecule has 0 unspecified atom stereocenters. The number of nitrogens with one attached hydrogen (secondary N) is 1. The van der Waals surface area contributed by atoms with Gasteiger partial charge in [0.05, 0.1) is 5.71 Å². The van der Waals surface area contributed by atoms with Crippen molar-refractivity contribution in [2.24, 2.45) is 5.16 Å². The minimum absolute atomic E-state index is 0.527. The Hall–Kier alpha value is -1.84. The van der Waals surface area contributed by atoms with Gasteiger partial charge in [0.2, 0.25) is 0 Å². The number of benzene rings is 1. The lowest BCUT2D eigenvalue weighted by atomic mass is 10.1. The van der Waals surface area contributed by atoms with E-state index < -0.39 is 6.09 Å². The van der Waals surface area contributed by atoms with Crippen molar-refractivity contribution in [2.75, 3.05) is 6.54 Å². The molecule has 0 saturated heterocycles. The molecule has 1 aromatic carbocycles. The van der Waals surface area contributed by atoms with Crippen molar-refractivity contribution in [1.82, 2.24) is 5.32 Å². The first-order chi connectivity index (χ1) is 7.24. The van der Waals surface area contributed by atoms with Crippen LogP contribution in [-0.4, -0.2) is 18.3 Å². The van der Waals surface area contributed by atoms with E-state index in [0.717, 1.165) is 5.56 Å². The Bertz CT molecular complexity index is 347. The van der Waals surface area contributed by atoms with Crippen LogP contribution in [-0.2, 0) is 4.84 Å². The lowest BCUT2D eigenvalue weighted by molar-refractivity contribution is 0.151. The number of nitrogens with zero attached hydrogens (tertiary/aromatic N) is 1. The Morgan fingerprint density at radius 2 is 2.07 bits per heavy atom. The van der Waals surface area contributed by atoms with Gasteiger partial charge in [-0.3, -0.25) is 4.84 Å². The molecule has 1 aromatic rings. The van der Waals surface area contributed by atoms with Gasteiger partial charge in [-0.05, 0) is 19.4 Å². The first-order valence-electron chi connectivity index (χ1n) is 4.79. The van der Waals surface area contributed by atoms with Gasteiger partial charge in [0.1, 0.15) is 0 Å². The summed E-state index contributed by atoms with van der Waals surface area (Å²) < 4.78 is 0. The van der Waals surface area contributed by atoms with Gasteiger partial charge >= 0.3 is 6.09 Å². The zero-order valence-corrected chi connectivity index (χ0v) is 8.86. The summed E-state index contributed by atoms with van der Waals surface area (Å²) in [5.74, 6) is 0. The van der Waals surface area contributed by atoms with Crippen molar-refractivity contribution in [3.63, 3.8) is 0 Å². The fourth-order valence-corrected chi connectivity index (χ4v) is 1.02. The van der Waals surface area contributed by atoms with Crippen molar-refractivity contribution < 1.29 is 9.63 Å². The Balaban J connectivity index is 2.57. The summed E-state index contributed by atoms with van der Waals surface area (Å²) in [4.78, 5) is 15.6. The van der Waals surface area contributed by atoms with E-state index in [-0.39, 0.29) is 0 Å². The minimum atomic E-state index is -0.534. The average molecular weight is 206 g/mol. The summed E-state index contributed by atoms with van der Waals surface area (Å²) >= 11 is 0. The van der Waals surface area contributed by atoms with Gasteiger partial charge in [-0.25, -0.2) is 4.79 Å². The van der Waals surface area contributed by atoms with Crippen LogP contribution >= 0.6 is 0 Å². The van der Waals surface area contributed by atoms with Crippen LogP contribution in [0.15, 0.2) is 35.5 Å². The number of carbonyl (C=O) groups is 1. The highest BCUT2D eigenvalue weighted by atomic mass is 16.7. The number of carbonyl (C=O) groups excluding carboxylic acids is 1. The molecule has 0 aliphatic carbocycles. The Morgan fingerprint density at radius 1 is 1.40 bits per heavy atom. The first-order valence-corrected chi connectivity index (χ1v) is 4.79. The smallest absolute Gasteiger partial charge is 0.320 e. The molecule has 0 atom stereocenters. The molecule has 0 radical (unpaired) electrons. The molecule has 0 spiro atoms. The van der Waals surface area contributed by atoms with Crippen LogP contribution in [0.3, 0.4) is 0 Å². The summed E-state index contributed by atoms with van der Waals surface area (Å²) in [5.41, 5.74) is 1.60. The summed E-state index contributed by atoms with van der Waals surface area (Å²) in [7, 11) is 0. The molecule has 0 aliphatic rings. The molecule has 0 saturated carbocycles. The number of oxime groups is 1. The molecule has 4 nitrogen and oxygen atoms in total. The Morgan fingerprint density at radius 3 is 2.67 bits per heavy atom. The highest BCUT2D eigenvalue weighted by molar-refractivity contribution is 5.98. The quantitative estimate of drug-likeness (QED) is 0.468. The molecule has 0 heterocycles. The maximum atomic E-state index is 10.9. The summed E-state index contributed by atoms with van der Waals surface area (Å²) in [6.45, 7) is 4.13. The molecule has 80 valence electrons. The number of amides is 1. The van der Waals surface area contributed by atoms with Gasteiger partial charge in [0.25, 0.3) is 0 Å². The molecule has 0 bridgehead atoms. The lowest BCUT2D eigenvalue weighted by Crippen LogP contribution is -2.22. The fraction of sp³-hybridized carbons (Fsp3) is 0.273. The van der Waals surface area contributed by atoms with E-state index in [0.29, 0.717) is 12.3 Å². The second kappa shape index (κ2) is 5.80. The Labute approximate surface area is 88.9 Å². The maximum absolute atomic E-state index is 10.9. The molecule has 4 heteroatoms. The van der Waals surface area contributed by atoms with Crippen molar-refractivity contribution in [3.05, 3.63) is 35.9 Å². The van der Waals surface area contributed by atoms with E-state index in [4.69, 9.17) is 0 Å². The third-order valence-corrected chi connectivity index (χ3v) is 1.78. The molecule has 0 aromatic heterocycles. The van der Waals surface area contributed by atoms with Crippen molar-refractivity contribution in [2.45, 2.75) is 13.8 Å². The molecule has 15 heavy (non-hydrogen) atoms. The lowest BCUT2D eigenvalue weighted by Gasteiger charge is -2.00. The van der Waals surface area contributed by atoms with Crippen LogP contribution in [0.2, 0.25) is 0 Å². The summed E-state index contributed by atoms with van der Waals surface area (Å²) in [6.07, 6.45) is -0.534. The van der Waals surface area contributed by atoms with Crippen LogP contribution < -0.4 is 5.32 Å². The van der Waals surface area contributed by atoms with E-state index in [1.54, 1.807) is 6.92 Å². The van der Waals surface area contributed by atoms with E-state index in [1.165, 1.54) is 0 Å². The van der Waals surface area contributed by atoms with Crippen LogP contribution in [0, 0.1) is 0 Å². The summed E-state index contributed by atoms with van der Waals surface area (Å²) in [5, 5.41) is 6.20. The number of rotatable bonds is 3. The van der Waals surface area contributed by atoms with E-state index in [9.17, 15) is 4.79 Å². The minimum Gasteiger partial charge on any atom is -0.320 e. The van der Waals surface area contributed by atoms with Gasteiger partial charge in [0, 0.05) is 6.54 Å². The average Bonchev–Trinajstić information content (AvgIpc) is 2.27. The number of hydrogen-bond donors (Lipinski definition) is 1. The van der Waals surface area contributed by atoms with E-state index in [2.05, 4.69) is 15.3 Å².